The molecular formula is C30H48O3. The summed E-state index contributed by atoms with van der Waals surface area (Å²) < 4.78 is 12.2. The molecule has 3 heteroatoms. The molecule has 2 atom stereocenters. The second-order valence-corrected chi connectivity index (χ2v) is 10.4. The summed E-state index contributed by atoms with van der Waals surface area (Å²) in [5.41, 5.74) is 1.30. The Morgan fingerprint density at radius 2 is 1.36 bits per heavy atom. The van der Waals surface area contributed by atoms with Crippen LogP contribution in [-0.2, 0) is 9.53 Å². The van der Waals surface area contributed by atoms with Crippen molar-refractivity contribution in [3.63, 3.8) is 0 Å². The SMILES string of the molecule is CCCCCCCCCCCC(=O)O[C@@H]1CCCC[C@H]1c1ccc(OC2CCCCC2)cc1. The molecule has 1 aromatic rings. The quantitative estimate of drug-likeness (QED) is 0.207. The van der Waals surface area contributed by atoms with Crippen LogP contribution in [0.15, 0.2) is 24.3 Å². The van der Waals surface area contributed by atoms with E-state index in [9.17, 15) is 4.79 Å². The summed E-state index contributed by atoms with van der Waals surface area (Å²) in [5.74, 6) is 1.32. The summed E-state index contributed by atoms with van der Waals surface area (Å²) in [4.78, 5) is 12.5. The monoisotopic (exact) mass is 456 g/mol. The van der Waals surface area contributed by atoms with E-state index in [1.54, 1.807) is 0 Å². The van der Waals surface area contributed by atoms with Gasteiger partial charge in [0.1, 0.15) is 11.9 Å². The van der Waals surface area contributed by atoms with Gasteiger partial charge < -0.3 is 9.47 Å². The van der Waals surface area contributed by atoms with Gasteiger partial charge in [-0.3, -0.25) is 4.79 Å². The molecule has 2 fully saturated rings. The Morgan fingerprint density at radius 1 is 0.758 bits per heavy atom. The van der Waals surface area contributed by atoms with Gasteiger partial charge in [0.25, 0.3) is 0 Å². The van der Waals surface area contributed by atoms with Crippen LogP contribution in [0.4, 0.5) is 0 Å². The normalized spacial score (nSPS) is 21.6. The fourth-order valence-corrected chi connectivity index (χ4v) is 5.60. The van der Waals surface area contributed by atoms with Crippen molar-refractivity contribution in [2.24, 2.45) is 0 Å². The van der Waals surface area contributed by atoms with Crippen molar-refractivity contribution in [2.75, 3.05) is 0 Å². The Morgan fingerprint density at radius 3 is 2.06 bits per heavy atom. The van der Waals surface area contributed by atoms with Crippen LogP contribution in [0.3, 0.4) is 0 Å². The molecule has 3 rings (SSSR count). The van der Waals surface area contributed by atoms with Crippen molar-refractivity contribution in [1.82, 2.24) is 0 Å². The second kappa shape index (κ2) is 15.4. The van der Waals surface area contributed by atoms with Gasteiger partial charge in [0.15, 0.2) is 0 Å². The predicted molar refractivity (Wildman–Crippen MR) is 137 cm³/mol. The molecule has 0 spiro atoms. The average Bonchev–Trinajstić information content (AvgIpc) is 2.85. The summed E-state index contributed by atoms with van der Waals surface area (Å²) in [6.07, 6.45) is 23.2. The van der Waals surface area contributed by atoms with Crippen LogP contribution in [0.2, 0.25) is 0 Å². The average molecular weight is 457 g/mol. The van der Waals surface area contributed by atoms with Crippen molar-refractivity contribution in [1.29, 1.82) is 0 Å². The lowest BCUT2D eigenvalue weighted by Crippen LogP contribution is -2.28. The Hall–Kier alpha value is -1.51. The van der Waals surface area contributed by atoms with Gasteiger partial charge >= 0.3 is 5.97 Å². The van der Waals surface area contributed by atoms with E-state index < -0.39 is 0 Å². The van der Waals surface area contributed by atoms with Crippen molar-refractivity contribution in [2.45, 2.75) is 147 Å². The minimum atomic E-state index is 0.00657. The highest BCUT2D eigenvalue weighted by Gasteiger charge is 2.29. The number of hydrogen-bond acceptors (Lipinski definition) is 3. The third kappa shape index (κ3) is 9.71. The molecule has 0 saturated heterocycles. The maximum absolute atomic E-state index is 12.5. The summed E-state index contributed by atoms with van der Waals surface area (Å²) in [6.45, 7) is 2.26. The molecule has 186 valence electrons. The third-order valence-electron chi connectivity index (χ3n) is 7.63. The maximum Gasteiger partial charge on any atom is 0.306 e. The molecule has 1 aromatic carbocycles. The fraction of sp³-hybridized carbons (Fsp3) is 0.767. The van der Waals surface area contributed by atoms with E-state index in [0.717, 1.165) is 37.9 Å². The van der Waals surface area contributed by atoms with Crippen molar-refractivity contribution in [3.8, 4) is 5.75 Å². The number of ether oxygens (including phenoxy) is 2. The van der Waals surface area contributed by atoms with Crippen molar-refractivity contribution >= 4 is 5.97 Å². The highest BCUT2D eigenvalue weighted by Crippen LogP contribution is 2.36. The first-order valence-electron chi connectivity index (χ1n) is 14.2. The molecule has 2 aliphatic rings. The number of esters is 1. The van der Waals surface area contributed by atoms with Crippen LogP contribution in [0.25, 0.3) is 0 Å². The van der Waals surface area contributed by atoms with Crippen LogP contribution < -0.4 is 4.74 Å². The van der Waals surface area contributed by atoms with Gasteiger partial charge in [-0.2, -0.15) is 0 Å². The smallest absolute Gasteiger partial charge is 0.306 e. The van der Waals surface area contributed by atoms with E-state index in [1.165, 1.54) is 89.0 Å². The van der Waals surface area contributed by atoms with Crippen LogP contribution in [0, 0.1) is 0 Å². The van der Waals surface area contributed by atoms with Gasteiger partial charge in [-0.15, -0.1) is 0 Å². The molecule has 33 heavy (non-hydrogen) atoms. The van der Waals surface area contributed by atoms with E-state index in [1.807, 2.05) is 0 Å². The number of hydrogen-bond donors (Lipinski definition) is 0. The number of carbonyl (C=O) groups is 1. The predicted octanol–water partition coefficient (Wildman–Crippen LogP) is 8.89. The van der Waals surface area contributed by atoms with Crippen LogP contribution >= 0.6 is 0 Å². The third-order valence-corrected chi connectivity index (χ3v) is 7.63. The molecule has 0 bridgehead atoms. The minimum absolute atomic E-state index is 0.00657. The standard InChI is InChI=1S/C30H48O3/c1-2-3-4-5-6-7-8-9-13-20-30(31)33-29-19-15-14-18-28(29)25-21-23-27(24-22-25)32-26-16-11-10-12-17-26/h21-24,26,28-29H,2-20H2,1H3/t28-,29+/m0/s1. The zero-order chi connectivity index (χ0) is 23.1. The number of rotatable bonds is 14. The highest BCUT2D eigenvalue weighted by atomic mass is 16.5. The first-order valence-corrected chi connectivity index (χ1v) is 14.2. The Labute approximate surface area is 203 Å². The summed E-state index contributed by atoms with van der Waals surface area (Å²) in [6, 6.07) is 8.66. The molecule has 0 amide bonds. The lowest BCUT2D eigenvalue weighted by molar-refractivity contribution is -0.151. The van der Waals surface area contributed by atoms with Gasteiger partial charge in [0.05, 0.1) is 6.10 Å². The second-order valence-electron chi connectivity index (χ2n) is 10.4. The molecule has 0 aromatic heterocycles. The van der Waals surface area contributed by atoms with Gasteiger partial charge in [-0.05, 0) is 69.1 Å². The van der Waals surface area contributed by atoms with Gasteiger partial charge in [-0.1, -0.05) is 83.3 Å². The van der Waals surface area contributed by atoms with E-state index in [-0.39, 0.29) is 12.1 Å². The van der Waals surface area contributed by atoms with Crippen LogP contribution in [-0.4, -0.2) is 18.2 Å². The number of unbranched alkanes of at least 4 members (excludes halogenated alkanes) is 8. The summed E-state index contributed by atoms with van der Waals surface area (Å²) in [5, 5.41) is 0. The molecule has 0 radical (unpaired) electrons. The Balaban J connectivity index is 1.37. The van der Waals surface area contributed by atoms with E-state index in [4.69, 9.17) is 9.47 Å². The summed E-state index contributed by atoms with van der Waals surface area (Å²) >= 11 is 0. The zero-order valence-corrected chi connectivity index (χ0v) is 21.2. The number of benzene rings is 1. The Kier molecular flexibility index (Phi) is 12.2. The van der Waals surface area contributed by atoms with E-state index in [2.05, 4.69) is 31.2 Å². The maximum atomic E-state index is 12.5. The minimum Gasteiger partial charge on any atom is -0.490 e. The van der Waals surface area contributed by atoms with E-state index >= 15 is 0 Å². The molecule has 0 N–H and O–H groups in total. The molecule has 0 aliphatic heterocycles. The zero-order valence-electron chi connectivity index (χ0n) is 21.2. The van der Waals surface area contributed by atoms with Crippen LogP contribution in [0.5, 0.6) is 5.75 Å². The fourth-order valence-electron chi connectivity index (χ4n) is 5.60. The molecule has 2 aliphatic carbocycles. The lowest BCUT2D eigenvalue weighted by Gasteiger charge is -2.31. The molecular weight excluding hydrogens is 408 g/mol. The molecule has 3 nitrogen and oxygen atoms in total. The topological polar surface area (TPSA) is 35.5 Å². The molecule has 0 heterocycles. The first kappa shape index (κ1) is 26.1. The van der Waals surface area contributed by atoms with Gasteiger partial charge in [0, 0.05) is 12.3 Å². The van der Waals surface area contributed by atoms with Crippen LogP contribution in [0.1, 0.15) is 140 Å². The Bertz CT molecular complexity index is 647. The van der Waals surface area contributed by atoms with E-state index in [0.29, 0.717) is 18.4 Å². The van der Waals surface area contributed by atoms with Crippen molar-refractivity contribution in [3.05, 3.63) is 29.8 Å². The lowest BCUT2D eigenvalue weighted by atomic mass is 9.81. The molecule has 0 unspecified atom stereocenters. The largest absolute Gasteiger partial charge is 0.490 e. The van der Waals surface area contributed by atoms with Crippen molar-refractivity contribution < 1.29 is 14.3 Å². The van der Waals surface area contributed by atoms with Gasteiger partial charge in [0.2, 0.25) is 0 Å². The van der Waals surface area contributed by atoms with Gasteiger partial charge in [-0.25, -0.2) is 0 Å². The highest BCUT2D eigenvalue weighted by molar-refractivity contribution is 5.69. The molecule has 2 saturated carbocycles. The first-order chi connectivity index (χ1) is 16.3. The number of carbonyl (C=O) groups excluding carboxylic acids is 1. The summed E-state index contributed by atoms with van der Waals surface area (Å²) in [7, 11) is 0.